The van der Waals surface area contributed by atoms with Gasteiger partial charge in [-0.25, -0.2) is 0 Å². The second kappa shape index (κ2) is 8.81. The number of rotatable bonds is 7. The molecule has 0 aliphatic carbocycles. The van der Waals surface area contributed by atoms with Crippen molar-refractivity contribution < 1.29 is 19.0 Å². The van der Waals surface area contributed by atoms with E-state index in [0.29, 0.717) is 27.8 Å². The molecular formula is C20H24ClNO4. The van der Waals surface area contributed by atoms with Crippen LogP contribution < -0.4 is 19.5 Å². The van der Waals surface area contributed by atoms with Gasteiger partial charge in [-0.1, -0.05) is 31.5 Å². The van der Waals surface area contributed by atoms with Crippen LogP contribution in [-0.2, 0) is 12.8 Å². The number of halogens is 1. The minimum atomic E-state index is -0.268. The van der Waals surface area contributed by atoms with Crippen LogP contribution in [0.25, 0.3) is 0 Å². The molecule has 26 heavy (non-hydrogen) atoms. The van der Waals surface area contributed by atoms with Crippen molar-refractivity contribution in [2.75, 3.05) is 26.6 Å². The molecule has 6 heteroatoms. The van der Waals surface area contributed by atoms with E-state index in [1.54, 1.807) is 12.1 Å². The Labute approximate surface area is 159 Å². The van der Waals surface area contributed by atoms with Gasteiger partial charge in [0.15, 0.2) is 11.5 Å². The summed E-state index contributed by atoms with van der Waals surface area (Å²) in [4.78, 5) is 12.9. The van der Waals surface area contributed by atoms with E-state index in [2.05, 4.69) is 5.32 Å². The molecule has 0 aliphatic heterocycles. The fourth-order valence-electron chi connectivity index (χ4n) is 2.86. The van der Waals surface area contributed by atoms with E-state index in [9.17, 15) is 4.79 Å². The van der Waals surface area contributed by atoms with Crippen LogP contribution >= 0.6 is 11.6 Å². The summed E-state index contributed by atoms with van der Waals surface area (Å²) in [6, 6.07) is 7.05. The molecule has 0 saturated carbocycles. The first-order valence-corrected chi connectivity index (χ1v) is 8.79. The normalized spacial score (nSPS) is 10.4. The fourth-order valence-corrected chi connectivity index (χ4v) is 3.16. The Morgan fingerprint density at radius 3 is 2.08 bits per heavy atom. The van der Waals surface area contributed by atoms with Crippen LogP contribution in [0.2, 0.25) is 5.02 Å². The highest BCUT2D eigenvalue weighted by atomic mass is 35.5. The molecule has 0 aliphatic rings. The van der Waals surface area contributed by atoms with Crippen molar-refractivity contribution in [2.24, 2.45) is 0 Å². The Morgan fingerprint density at radius 2 is 1.62 bits per heavy atom. The third-order valence-corrected chi connectivity index (χ3v) is 4.60. The lowest BCUT2D eigenvalue weighted by molar-refractivity contribution is 0.102. The SMILES string of the molecule is CCc1ccc(Cl)c(CC)c1NC(=O)c1cc(OC)c(OC)c(OC)c1. The zero-order valence-electron chi connectivity index (χ0n) is 15.7. The number of anilines is 1. The van der Waals surface area contributed by atoms with Gasteiger partial charge in [0.25, 0.3) is 5.91 Å². The number of carbonyl (C=O) groups excluding carboxylic acids is 1. The van der Waals surface area contributed by atoms with Gasteiger partial charge in [0, 0.05) is 16.3 Å². The summed E-state index contributed by atoms with van der Waals surface area (Å²) >= 11 is 6.32. The van der Waals surface area contributed by atoms with Crippen molar-refractivity contribution in [2.45, 2.75) is 26.7 Å². The summed E-state index contributed by atoms with van der Waals surface area (Å²) in [5, 5.41) is 3.65. The quantitative estimate of drug-likeness (QED) is 0.756. The van der Waals surface area contributed by atoms with Gasteiger partial charge in [-0.05, 0) is 42.2 Å². The first-order chi connectivity index (χ1) is 12.5. The molecule has 0 saturated heterocycles. The highest BCUT2D eigenvalue weighted by Crippen LogP contribution is 2.38. The number of methoxy groups -OCH3 is 3. The zero-order chi connectivity index (χ0) is 19.3. The van der Waals surface area contributed by atoms with Crippen LogP contribution in [0.5, 0.6) is 17.2 Å². The molecule has 0 radical (unpaired) electrons. The third kappa shape index (κ3) is 3.88. The lowest BCUT2D eigenvalue weighted by Gasteiger charge is -2.17. The van der Waals surface area contributed by atoms with E-state index in [1.807, 2.05) is 26.0 Å². The highest BCUT2D eigenvalue weighted by molar-refractivity contribution is 6.32. The smallest absolute Gasteiger partial charge is 0.255 e. The lowest BCUT2D eigenvalue weighted by atomic mass is 10.0. The molecule has 0 aromatic heterocycles. The van der Waals surface area contributed by atoms with Crippen LogP contribution in [0.15, 0.2) is 24.3 Å². The van der Waals surface area contributed by atoms with Gasteiger partial charge in [0.05, 0.1) is 21.3 Å². The maximum absolute atomic E-state index is 12.9. The molecule has 5 nitrogen and oxygen atoms in total. The molecule has 0 fully saturated rings. The molecule has 140 valence electrons. The van der Waals surface area contributed by atoms with Crippen molar-refractivity contribution in [3.8, 4) is 17.2 Å². The molecule has 0 heterocycles. The summed E-state index contributed by atoms with van der Waals surface area (Å²) in [7, 11) is 4.55. The van der Waals surface area contributed by atoms with E-state index in [1.165, 1.54) is 21.3 Å². The Kier molecular flexibility index (Phi) is 6.75. The molecule has 2 aromatic carbocycles. The minimum absolute atomic E-state index is 0.268. The largest absolute Gasteiger partial charge is 0.493 e. The average molecular weight is 378 g/mol. The minimum Gasteiger partial charge on any atom is -0.493 e. The Balaban J connectivity index is 2.47. The molecule has 2 rings (SSSR count). The highest BCUT2D eigenvalue weighted by Gasteiger charge is 2.19. The first-order valence-electron chi connectivity index (χ1n) is 8.42. The van der Waals surface area contributed by atoms with E-state index < -0.39 is 0 Å². The van der Waals surface area contributed by atoms with Gasteiger partial charge in [-0.3, -0.25) is 4.79 Å². The molecule has 1 N–H and O–H groups in total. The number of hydrogen-bond donors (Lipinski definition) is 1. The van der Waals surface area contributed by atoms with Gasteiger partial charge in [0.2, 0.25) is 5.75 Å². The fraction of sp³-hybridized carbons (Fsp3) is 0.350. The summed E-state index contributed by atoms with van der Waals surface area (Å²) in [5.74, 6) is 1.03. The number of ether oxygens (including phenoxy) is 3. The van der Waals surface area contributed by atoms with E-state index in [4.69, 9.17) is 25.8 Å². The van der Waals surface area contributed by atoms with E-state index in [0.717, 1.165) is 29.7 Å². The summed E-state index contributed by atoms with van der Waals surface area (Å²) in [5.41, 5.74) is 3.13. The maximum Gasteiger partial charge on any atom is 0.255 e. The van der Waals surface area contributed by atoms with Crippen LogP contribution in [0, 0.1) is 0 Å². The monoisotopic (exact) mass is 377 g/mol. The molecule has 1 amide bonds. The van der Waals surface area contributed by atoms with Gasteiger partial charge < -0.3 is 19.5 Å². The van der Waals surface area contributed by atoms with Crippen LogP contribution in [0.3, 0.4) is 0 Å². The van der Waals surface area contributed by atoms with Gasteiger partial charge >= 0.3 is 0 Å². The van der Waals surface area contributed by atoms with Crippen molar-refractivity contribution in [1.82, 2.24) is 0 Å². The van der Waals surface area contributed by atoms with Crippen LogP contribution in [-0.4, -0.2) is 27.2 Å². The molecule has 0 spiro atoms. The van der Waals surface area contributed by atoms with E-state index in [-0.39, 0.29) is 5.91 Å². The van der Waals surface area contributed by atoms with Crippen molar-refractivity contribution in [3.63, 3.8) is 0 Å². The maximum atomic E-state index is 12.9. The molecule has 2 aromatic rings. The molecule has 0 bridgehead atoms. The zero-order valence-corrected chi connectivity index (χ0v) is 16.5. The molecule has 0 atom stereocenters. The number of hydrogen-bond acceptors (Lipinski definition) is 4. The summed E-state index contributed by atoms with van der Waals surface area (Å²) in [6.07, 6.45) is 1.51. The number of carbonyl (C=O) groups is 1. The standard InChI is InChI=1S/C20H24ClNO4/c1-6-12-8-9-15(21)14(7-2)18(12)22-20(23)13-10-16(24-3)19(26-5)17(11-13)25-4/h8-11H,6-7H2,1-5H3,(H,22,23). The van der Waals surface area contributed by atoms with E-state index >= 15 is 0 Å². The predicted octanol–water partition coefficient (Wildman–Crippen LogP) is 4.74. The van der Waals surface area contributed by atoms with Crippen LogP contribution in [0.1, 0.15) is 35.3 Å². The number of nitrogens with one attached hydrogen (secondary N) is 1. The first kappa shape index (κ1) is 19.9. The Hall–Kier alpha value is -2.40. The van der Waals surface area contributed by atoms with Crippen molar-refractivity contribution >= 4 is 23.2 Å². The number of amides is 1. The summed E-state index contributed by atoms with van der Waals surface area (Å²) in [6.45, 7) is 4.05. The molecular weight excluding hydrogens is 354 g/mol. The number of aryl methyl sites for hydroxylation is 1. The Bertz CT molecular complexity index is 780. The second-order valence-electron chi connectivity index (χ2n) is 5.64. The van der Waals surface area contributed by atoms with Crippen molar-refractivity contribution in [3.05, 3.63) is 46.0 Å². The summed E-state index contributed by atoms with van der Waals surface area (Å²) < 4.78 is 15.9. The Morgan fingerprint density at radius 1 is 1.00 bits per heavy atom. The predicted molar refractivity (Wildman–Crippen MR) is 104 cm³/mol. The molecule has 0 unspecified atom stereocenters. The lowest BCUT2D eigenvalue weighted by Crippen LogP contribution is -2.15. The van der Waals surface area contributed by atoms with Crippen molar-refractivity contribution in [1.29, 1.82) is 0 Å². The second-order valence-corrected chi connectivity index (χ2v) is 6.04. The van der Waals surface area contributed by atoms with Gasteiger partial charge in [0.1, 0.15) is 0 Å². The third-order valence-electron chi connectivity index (χ3n) is 4.24. The average Bonchev–Trinajstić information content (AvgIpc) is 2.66. The van der Waals surface area contributed by atoms with Crippen LogP contribution in [0.4, 0.5) is 5.69 Å². The number of benzene rings is 2. The van der Waals surface area contributed by atoms with Gasteiger partial charge in [-0.15, -0.1) is 0 Å². The topological polar surface area (TPSA) is 56.8 Å². The van der Waals surface area contributed by atoms with Gasteiger partial charge in [-0.2, -0.15) is 0 Å².